The molecule has 0 radical (unpaired) electrons. The van der Waals surface area contributed by atoms with Crippen molar-refractivity contribution in [3.63, 3.8) is 0 Å². The Morgan fingerprint density at radius 3 is 2.77 bits per heavy atom. The summed E-state index contributed by atoms with van der Waals surface area (Å²) in [6.07, 6.45) is 6.09. The minimum absolute atomic E-state index is 0.0669. The van der Waals surface area contributed by atoms with Crippen molar-refractivity contribution >= 4 is 23.3 Å². The van der Waals surface area contributed by atoms with Gasteiger partial charge in [0.25, 0.3) is 5.56 Å². The molecule has 6 nitrogen and oxygen atoms in total. The average molecular weight is 379 g/mol. The van der Waals surface area contributed by atoms with Gasteiger partial charge in [0.15, 0.2) is 0 Å². The number of amides is 2. The van der Waals surface area contributed by atoms with Crippen LogP contribution in [0, 0.1) is 5.82 Å². The van der Waals surface area contributed by atoms with Crippen LogP contribution >= 0.6 is 11.6 Å². The summed E-state index contributed by atoms with van der Waals surface area (Å²) < 4.78 is 14.6. The van der Waals surface area contributed by atoms with Gasteiger partial charge in [-0.2, -0.15) is 0 Å². The van der Waals surface area contributed by atoms with Crippen LogP contribution in [0.15, 0.2) is 35.4 Å². The van der Waals surface area contributed by atoms with Gasteiger partial charge in [0.2, 0.25) is 0 Å². The SMILES string of the molecule is O=C(NCCn1cnc(C2CCCC2)cc1=O)Nc1ccc(F)c(Cl)c1. The quantitative estimate of drug-likeness (QED) is 0.835. The molecule has 1 aliphatic carbocycles. The number of halogens is 2. The lowest BCUT2D eigenvalue weighted by molar-refractivity contribution is 0.251. The first kappa shape index (κ1) is 18.4. The normalized spacial score (nSPS) is 14.4. The number of nitrogens with one attached hydrogen (secondary N) is 2. The fourth-order valence-electron chi connectivity index (χ4n) is 3.09. The first-order valence-electron chi connectivity index (χ1n) is 8.59. The second kappa shape index (κ2) is 8.31. The van der Waals surface area contributed by atoms with Crippen molar-refractivity contribution in [3.8, 4) is 0 Å². The fraction of sp³-hybridized carbons (Fsp3) is 0.389. The molecule has 2 aromatic rings. The summed E-state index contributed by atoms with van der Waals surface area (Å²) in [5.41, 5.74) is 1.13. The van der Waals surface area contributed by atoms with Crippen LogP contribution in [0.4, 0.5) is 14.9 Å². The van der Waals surface area contributed by atoms with Crippen molar-refractivity contribution in [1.82, 2.24) is 14.9 Å². The zero-order chi connectivity index (χ0) is 18.5. The number of urea groups is 1. The summed E-state index contributed by atoms with van der Waals surface area (Å²) >= 11 is 5.67. The third kappa shape index (κ3) is 4.60. The highest BCUT2D eigenvalue weighted by Crippen LogP contribution is 2.32. The van der Waals surface area contributed by atoms with Crippen LogP contribution in [-0.2, 0) is 6.54 Å². The van der Waals surface area contributed by atoms with E-state index in [1.165, 1.54) is 41.9 Å². The maximum Gasteiger partial charge on any atom is 0.319 e. The van der Waals surface area contributed by atoms with E-state index >= 15 is 0 Å². The molecule has 0 unspecified atom stereocenters. The third-order valence-electron chi connectivity index (χ3n) is 4.49. The molecule has 0 saturated heterocycles. The van der Waals surface area contributed by atoms with E-state index in [1.807, 2.05) is 0 Å². The van der Waals surface area contributed by atoms with Gasteiger partial charge >= 0.3 is 6.03 Å². The second-order valence-corrected chi connectivity index (χ2v) is 6.74. The fourth-order valence-corrected chi connectivity index (χ4v) is 3.27. The topological polar surface area (TPSA) is 76.0 Å². The zero-order valence-corrected chi connectivity index (χ0v) is 14.9. The maximum absolute atomic E-state index is 13.1. The van der Waals surface area contributed by atoms with Gasteiger partial charge in [0.05, 0.1) is 17.0 Å². The molecule has 2 amide bonds. The van der Waals surface area contributed by atoms with Crippen LogP contribution in [0.3, 0.4) is 0 Å². The van der Waals surface area contributed by atoms with Crippen molar-refractivity contribution in [2.45, 2.75) is 38.1 Å². The molecular formula is C18H20ClFN4O2. The van der Waals surface area contributed by atoms with E-state index in [2.05, 4.69) is 15.6 Å². The van der Waals surface area contributed by atoms with E-state index < -0.39 is 11.8 Å². The molecule has 0 aliphatic heterocycles. The Morgan fingerprint density at radius 2 is 2.08 bits per heavy atom. The number of hydrogen-bond donors (Lipinski definition) is 2. The van der Waals surface area contributed by atoms with Crippen LogP contribution in [0.2, 0.25) is 5.02 Å². The van der Waals surface area contributed by atoms with Crippen molar-refractivity contribution in [2.24, 2.45) is 0 Å². The maximum atomic E-state index is 13.1. The first-order chi connectivity index (χ1) is 12.5. The summed E-state index contributed by atoms with van der Waals surface area (Å²) in [4.78, 5) is 28.4. The number of anilines is 1. The number of rotatable bonds is 5. The van der Waals surface area contributed by atoms with Crippen molar-refractivity contribution in [2.75, 3.05) is 11.9 Å². The Kier molecular flexibility index (Phi) is 5.88. The highest BCUT2D eigenvalue weighted by atomic mass is 35.5. The van der Waals surface area contributed by atoms with Crippen LogP contribution in [0.25, 0.3) is 0 Å². The van der Waals surface area contributed by atoms with Crippen LogP contribution in [0.1, 0.15) is 37.3 Å². The van der Waals surface area contributed by atoms with Gasteiger partial charge in [-0.05, 0) is 31.0 Å². The molecule has 2 N–H and O–H groups in total. The number of benzene rings is 1. The highest BCUT2D eigenvalue weighted by molar-refractivity contribution is 6.31. The summed E-state index contributed by atoms with van der Waals surface area (Å²) in [5.74, 6) is -0.158. The Labute approximate surface area is 155 Å². The van der Waals surface area contributed by atoms with Crippen LogP contribution < -0.4 is 16.2 Å². The smallest absolute Gasteiger partial charge is 0.319 e. The molecule has 1 fully saturated rings. The molecule has 0 atom stereocenters. The average Bonchev–Trinajstić information content (AvgIpc) is 3.14. The van der Waals surface area contributed by atoms with Gasteiger partial charge in [0, 0.05) is 30.8 Å². The highest BCUT2D eigenvalue weighted by Gasteiger charge is 2.18. The first-order valence-corrected chi connectivity index (χ1v) is 8.97. The van der Waals surface area contributed by atoms with E-state index in [4.69, 9.17) is 11.6 Å². The number of aromatic nitrogens is 2. The standard InChI is InChI=1S/C18H20ClFN4O2/c19-14-9-13(5-6-15(14)20)23-18(26)21-7-8-24-11-22-16(10-17(24)25)12-3-1-2-4-12/h5-6,9-12H,1-4,7-8H2,(H2,21,23,26). The predicted molar refractivity (Wildman–Crippen MR) is 98.1 cm³/mol. The lowest BCUT2D eigenvalue weighted by Gasteiger charge is -2.11. The van der Waals surface area contributed by atoms with Crippen molar-refractivity contribution in [3.05, 3.63) is 57.5 Å². The number of carbonyl (C=O) groups is 1. The molecule has 8 heteroatoms. The van der Waals surface area contributed by atoms with Gasteiger partial charge in [-0.3, -0.25) is 9.36 Å². The van der Waals surface area contributed by atoms with Crippen molar-refractivity contribution in [1.29, 1.82) is 0 Å². The minimum atomic E-state index is -0.550. The monoisotopic (exact) mass is 378 g/mol. The molecule has 0 bridgehead atoms. The van der Waals surface area contributed by atoms with E-state index in [9.17, 15) is 14.0 Å². The lowest BCUT2D eigenvalue weighted by atomic mass is 10.0. The Hall–Kier alpha value is -2.41. The Morgan fingerprint density at radius 1 is 1.31 bits per heavy atom. The van der Waals surface area contributed by atoms with E-state index in [-0.39, 0.29) is 17.1 Å². The zero-order valence-electron chi connectivity index (χ0n) is 14.2. The molecule has 26 heavy (non-hydrogen) atoms. The van der Waals surface area contributed by atoms with E-state index in [0.29, 0.717) is 18.2 Å². The Balaban J connectivity index is 1.50. The predicted octanol–water partition coefficient (Wildman–Crippen LogP) is 3.52. The minimum Gasteiger partial charge on any atom is -0.336 e. The molecule has 1 heterocycles. The Bertz CT molecular complexity index is 849. The largest absolute Gasteiger partial charge is 0.336 e. The third-order valence-corrected chi connectivity index (χ3v) is 4.78. The van der Waals surface area contributed by atoms with Gasteiger partial charge in [-0.1, -0.05) is 24.4 Å². The molecule has 1 aliphatic rings. The second-order valence-electron chi connectivity index (χ2n) is 6.34. The molecule has 138 valence electrons. The number of nitrogens with zero attached hydrogens (tertiary/aromatic N) is 2. The molecule has 0 spiro atoms. The summed E-state index contributed by atoms with van der Waals surface area (Å²) in [7, 11) is 0. The lowest BCUT2D eigenvalue weighted by Crippen LogP contribution is -2.33. The summed E-state index contributed by atoms with van der Waals surface area (Å²) in [5, 5.41) is 5.12. The van der Waals surface area contributed by atoms with Crippen LogP contribution in [0.5, 0.6) is 0 Å². The van der Waals surface area contributed by atoms with Gasteiger partial charge < -0.3 is 10.6 Å². The van der Waals surface area contributed by atoms with Gasteiger partial charge in [0.1, 0.15) is 5.82 Å². The van der Waals surface area contributed by atoms with Crippen LogP contribution in [-0.4, -0.2) is 22.1 Å². The van der Waals surface area contributed by atoms with E-state index in [0.717, 1.165) is 18.5 Å². The molecule has 1 aromatic heterocycles. The molecule has 1 aromatic carbocycles. The van der Waals surface area contributed by atoms with Gasteiger partial charge in [-0.15, -0.1) is 0 Å². The van der Waals surface area contributed by atoms with Crippen molar-refractivity contribution < 1.29 is 9.18 Å². The summed E-state index contributed by atoms with van der Waals surface area (Å²) in [6.45, 7) is 0.569. The molecule has 3 rings (SSSR count). The van der Waals surface area contributed by atoms with E-state index in [1.54, 1.807) is 6.07 Å². The number of carbonyl (C=O) groups excluding carboxylic acids is 1. The number of hydrogen-bond acceptors (Lipinski definition) is 3. The summed E-state index contributed by atoms with van der Waals surface area (Å²) in [6, 6.07) is 5.05. The molecule has 1 saturated carbocycles. The van der Waals surface area contributed by atoms with Gasteiger partial charge in [-0.25, -0.2) is 14.2 Å². The molecular weight excluding hydrogens is 359 g/mol.